The van der Waals surface area contributed by atoms with Crippen molar-refractivity contribution in [2.24, 2.45) is 0 Å². The normalized spacial score (nSPS) is 14.0. The number of aliphatic hydroxyl groups is 1. The summed E-state index contributed by atoms with van der Waals surface area (Å²) in [5.74, 6) is -1.99. The second-order valence-electron chi connectivity index (χ2n) is 4.05. The molecule has 2 N–H and O–H groups in total. The van der Waals surface area contributed by atoms with Gasteiger partial charge in [-0.3, -0.25) is 4.79 Å². The first-order chi connectivity index (χ1) is 7.99. The van der Waals surface area contributed by atoms with E-state index in [1.54, 1.807) is 12.1 Å². The van der Waals surface area contributed by atoms with Gasteiger partial charge in [-0.15, -0.1) is 0 Å². The van der Waals surface area contributed by atoms with Gasteiger partial charge in [0, 0.05) is 0 Å². The Labute approximate surface area is 106 Å². The fraction of sp³-hybridized carbons (Fsp3) is 0.385. The minimum Gasteiger partial charge on any atom is -0.501 e. The van der Waals surface area contributed by atoms with E-state index in [-0.39, 0.29) is 5.92 Å². The number of benzene rings is 1. The number of aliphatic hydroxyl groups excluding tert-OH is 1. The van der Waals surface area contributed by atoms with Crippen LogP contribution in [0.1, 0.15) is 43.2 Å². The van der Waals surface area contributed by atoms with Crippen LogP contribution in [0.15, 0.2) is 24.3 Å². The molecule has 92 valence electrons. The Hall–Kier alpha value is -1.42. The van der Waals surface area contributed by atoms with Gasteiger partial charge in [0.05, 0.1) is 0 Å². The zero-order valence-electron chi connectivity index (χ0n) is 9.88. The SMILES string of the molecule is CCC(C)c1ccccc1C(C(=O)O)C(O)=S. The van der Waals surface area contributed by atoms with E-state index in [1.165, 1.54) is 0 Å². The largest absolute Gasteiger partial charge is 0.501 e. The zero-order chi connectivity index (χ0) is 13.0. The van der Waals surface area contributed by atoms with Crippen molar-refractivity contribution in [3.8, 4) is 0 Å². The van der Waals surface area contributed by atoms with Crippen molar-refractivity contribution in [1.29, 1.82) is 0 Å². The zero-order valence-corrected chi connectivity index (χ0v) is 10.7. The first-order valence-corrected chi connectivity index (χ1v) is 5.94. The van der Waals surface area contributed by atoms with Gasteiger partial charge < -0.3 is 10.2 Å². The number of aliphatic carboxylic acids is 1. The van der Waals surface area contributed by atoms with Gasteiger partial charge in [-0.2, -0.15) is 0 Å². The van der Waals surface area contributed by atoms with Crippen LogP contribution >= 0.6 is 12.2 Å². The number of rotatable bonds is 5. The van der Waals surface area contributed by atoms with E-state index < -0.39 is 16.9 Å². The molecule has 2 atom stereocenters. The highest BCUT2D eigenvalue weighted by molar-refractivity contribution is 7.80. The predicted molar refractivity (Wildman–Crippen MR) is 70.8 cm³/mol. The molecule has 17 heavy (non-hydrogen) atoms. The maximum atomic E-state index is 11.2. The van der Waals surface area contributed by atoms with Crippen molar-refractivity contribution in [2.45, 2.75) is 32.1 Å². The van der Waals surface area contributed by atoms with Crippen LogP contribution in [0.5, 0.6) is 0 Å². The van der Waals surface area contributed by atoms with Gasteiger partial charge >= 0.3 is 5.97 Å². The van der Waals surface area contributed by atoms with Gasteiger partial charge in [0.15, 0.2) is 5.05 Å². The second-order valence-corrected chi connectivity index (χ2v) is 4.47. The van der Waals surface area contributed by atoms with Crippen LogP contribution in [0.25, 0.3) is 0 Å². The number of carbonyl (C=O) groups is 1. The molecule has 0 heterocycles. The Bertz CT molecular complexity index is 414. The van der Waals surface area contributed by atoms with Gasteiger partial charge in [0.2, 0.25) is 0 Å². The van der Waals surface area contributed by atoms with Gasteiger partial charge in [-0.1, -0.05) is 38.1 Å². The van der Waals surface area contributed by atoms with Crippen molar-refractivity contribution >= 4 is 23.2 Å². The average Bonchev–Trinajstić information content (AvgIpc) is 2.28. The van der Waals surface area contributed by atoms with Crippen LogP contribution in [-0.4, -0.2) is 21.2 Å². The lowest BCUT2D eigenvalue weighted by atomic mass is 9.87. The Morgan fingerprint density at radius 2 is 1.82 bits per heavy atom. The highest BCUT2D eigenvalue weighted by Crippen LogP contribution is 2.29. The van der Waals surface area contributed by atoms with Crippen molar-refractivity contribution in [3.63, 3.8) is 0 Å². The predicted octanol–water partition coefficient (Wildman–Crippen LogP) is 3.25. The van der Waals surface area contributed by atoms with Crippen LogP contribution in [0.4, 0.5) is 0 Å². The van der Waals surface area contributed by atoms with Crippen LogP contribution < -0.4 is 0 Å². The molecule has 0 aliphatic heterocycles. The van der Waals surface area contributed by atoms with Crippen molar-refractivity contribution in [3.05, 3.63) is 35.4 Å². The Morgan fingerprint density at radius 1 is 1.29 bits per heavy atom. The van der Waals surface area contributed by atoms with E-state index in [9.17, 15) is 9.90 Å². The summed E-state index contributed by atoms with van der Waals surface area (Å²) in [6.07, 6.45) is 0.904. The molecule has 0 spiro atoms. The molecule has 0 aliphatic carbocycles. The summed E-state index contributed by atoms with van der Waals surface area (Å²) in [5.41, 5.74) is 1.51. The molecular weight excluding hydrogens is 236 g/mol. The molecular formula is C13H16O3S. The number of carboxylic acid groups (broad SMARTS) is 1. The first-order valence-electron chi connectivity index (χ1n) is 5.53. The summed E-state index contributed by atoms with van der Waals surface area (Å²) in [4.78, 5) is 11.2. The van der Waals surface area contributed by atoms with Gasteiger partial charge in [0.1, 0.15) is 5.92 Å². The molecule has 0 fully saturated rings. The van der Waals surface area contributed by atoms with E-state index in [4.69, 9.17) is 5.11 Å². The van der Waals surface area contributed by atoms with E-state index in [2.05, 4.69) is 12.2 Å². The Morgan fingerprint density at radius 3 is 2.24 bits per heavy atom. The highest BCUT2D eigenvalue weighted by atomic mass is 32.1. The molecule has 0 bridgehead atoms. The molecule has 0 radical (unpaired) electrons. The van der Waals surface area contributed by atoms with Crippen LogP contribution in [0.3, 0.4) is 0 Å². The lowest BCUT2D eigenvalue weighted by Gasteiger charge is -2.18. The van der Waals surface area contributed by atoms with Crippen molar-refractivity contribution in [1.82, 2.24) is 0 Å². The fourth-order valence-electron chi connectivity index (χ4n) is 1.81. The molecule has 4 heteroatoms. The third-order valence-electron chi connectivity index (χ3n) is 2.94. The minimum absolute atomic E-state index is 0.238. The van der Waals surface area contributed by atoms with E-state index in [0.29, 0.717) is 5.56 Å². The highest BCUT2D eigenvalue weighted by Gasteiger charge is 2.27. The molecule has 0 aliphatic rings. The molecule has 0 aromatic heterocycles. The number of thiocarbonyl (C=S) groups is 1. The van der Waals surface area contributed by atoms with Crippen molar-refractivity contribution < 1.29 is 15.0 Å². The van der Waals surface area contributed by atoms with Gasteiger partial charge in [-0.25, -0.2) is 0 Å². The van der Waals surface area contributed by atoms with E-state index in [0.717, 1.165) is 12.0 Å². The number of hydrogen-bond acceptors (Lipinski definition) is 2. The molecule has 3 nitrogen and oxygen atoms in total. The number of carboxylic acids is 1. The monoisotopic (exact) mass is 252 g/mol. The third kappa shape index (κ3) is 3.03. The van der Waals surface area contributed by atoms with E-state index in [1.807, 2.05) is 26.0 Å². The topological polar surface area (TPSA) is 57.5 Å². The summed E-state index contributed by atoms with van der Waals surface area (Å²) in [6.45, 7) is 4.06. The summed E-state index contributed by atoms with van der Waals surface area (Å²) in [7, 11) is 0. The summed E-state index contributed by atoms with van der Waals surface area (Å²) < 4.78 is 0. The lowest BCUT2D eigenvalue weighted by molar-refractivity contribution is -0.137. The minimum atomic E-state index is -1.12. The standard InChI is InChI=1S/C13H16O3S/c1-3-8(2)9-6-4-5-7-10(9)11(12(14)15)13(16)17/h4-8,11H,3H2,1-2H3,(H,14,15)(H,16,17). The average molecular weight is 252 g/mol. The smallest absolute Gasteiger partial charge is 0.319 e. The summed E-state index contributed by atoms with van der Waals surface area (Å²) in [6, 6.07) is 7.22. The maximum absolute atomic E-state index is 11.2. The Balaban J connectivity index is 3.28. The number of hydrogen-bond donors (Lipinski definition) is 2. The molecule has 2 unspecified atom stereocenters. The second kappa shape index (κ2) is 5.77. The molecule has 1 rings (SSSR count). The summed E-state index contributed by atoms with van der Waals surface area (Å²) >= 11 is 4.63. The van der Waals surface area contributed by atoms with Crippen LogP contribution in [0.2, 0.25) is 0 Å². The molecule has 1 aromatic rings. The first kappa shape index (κ1) is 13.6. The van der Waals surface area contributed by atoms with Crippen molar-refractivity contribution in [2.75, 3.05) is 0 Å². The van der Waals surface area contributed by atoms with Gasteiger partial charge in [-0.05, 0) is 35.7 Å². The van der Waals surface area contributed by atoms with Gasteiger partial charge in [0.25, 0.3) is 0 Å². The molecule has 0 saturated carbocycles. The molecule has 0 saturated heterocycles. The maximum Gasteiger partial charge on any atom is 0.319 e. The molecule has 1 aromatic carbocycles. The fourth-order valence-corrected chi connectivity index (χ4v) is 2.04. The third-order valence-corrected chi connectivity index (χ3v) is 3.18. The van der Waals surface area contributed by atoms with Crippen LogP contribution in [-0.2, 0) is 4.79 Å². The quantitative estimate of drug-likeness (QED) is 0.790. The van der Waals surface area contributed by atoms with E-state index >= 15 is 0 Å². The lowest BCUT2D eigenvalue weighted by Crippen LogP contribution is -2.21. The Kier molecular flexibility index (Phi) is 4.63. The molecule has 0 amide bonds. The summed E-state index contributed by atoms with van der Waals surface area (Å²) in [5, 5.41) is 18.0. The van der Waals surface area contributed by atoms with Crippen LogP contribution in [0, 0.1) is 0 Å².